The number of halogens is 2. The van der Waals surface area contributed by atoms with Gasteiger partial charge in [0.1, 0.15) is 0 Å². The summed E-state index contributed by atoms with van der Waals surface area (Å²) in [5.41, 5.74) is 0.796. The number of benzene rings is 1. The van der Waals surface area contributed by atoms with Crippen LogP contribution in [0.2, 0.25) is 0 Å². The zero-order valence-corrected chi connectivity index (χ0v) is 11.1. The molecular weight excluding hydrogens is 244 g/mol. The first-order valence-corrected chi connectivity index (χ1v) is 6.99. The molecule has 1 aromatic rings. The Morgan fingerprint density at radius 2 is 2.05 bits per heavy atom. The van der Waals surface area contributed by atoms with E-state index in [0.29, 0.717) is 24.4 Å². The average Bonchev–Trinajstić information content (AvgIpc) is 3.02. The summed E-state index contributed by atoms with van der Waals surface area (Å²) in [6, 6.07) is 4.51. The molecule has 2 aliphatic rings. The zero-order valence-electron chi connectivity index (χ0n) is 11.1. The quantitative estimate of drug-likeness (QED) is 0.818. The first kappa shape index (κ1) is 12.8. The summed E-state index contributed by atoms with van der Waals surface area (Å²) in [6.07, 6.45) is 7.23. The fourth-order valence-electron chi connectivity index (χ4n) is 3.48. The van der Waals surface area contributed by atoms with Crippen molar-refractivity contribution in [2.75, 3.05) is 0 Å². The van der Waals surface area contributed by atoms with Crippen molar-refractivity contribution in [3.05, 3.63) is 47.5 Å². The molecule has 2 bridgehead atoms. The Morgan fingerprint density at radius 3 is 2.68 bits per heavy atom. The monoisotopic (exact) mass is 263 g/mol. The van der Waals surface area contributed by atoms with Crippen LogP contribution in [0.3, 0.4) is 0 Å². The third-order valence-corrected chi connectivity index (χ3v) is 4.58. The van der Waals surface area contributed by atoms with Gasteiger partial charge in [-0.15, -0.1) is 0 Å². The molecule has 3 rings (SSSR count). The lowest BCUT2D eigenvalue weighted by atomic mass is 9.87. The van der Waals surface area contributed by atoms with Crippen molar-refractivity contribution in [3.8, 4) is 0 Å². The van der Waals surface area contributed by atoms with Gasteiger partial charge in [0.25, 0.3) is 0 Å². The summed E-state index contributed by atoms with van der Waals surface area (Å²) < 4.78 is 26.0. The molecule has 1 nitrogen and oxygen atoms in total. The van der Waals surface area contributed by atoms with Crippen LogP contribution in [0.25, 0.3) is 0 Å². The highest BCUT2D eigenvalue weighted by Gasteiger charge is 2.38. The molecule has 0 amide bonds. The number of fused-ring (bicyclic) bond motifs is 2. The molecule has 0 heterocycles. The van der Waals surface area contributed by atoms with E-state index in [0.717, 1.165) is 11.5 Å². The highest BCUT2D eigenvalue weighted by atomic mass is 19.2. The van der Waals surface area contributed by atoms with Crippen LogP contribution in [0.5, 0.6) is 0 Å². The lowest BCUT2D eigenvalue weighted by Crippen LogP contribution is -2.35. The largest absolute Gasteiger partial charge is 0.310 e. The molecule has 4 atom stereocenters. The van der Waals surface area contributed by atoms with Crippen molar-refractivity contribution in [1.29, 1.82) is 0 Å². The summed E-state index contributed by atoms with van der Waals surface area (Å²) in [5.74, 6) is 0.602. The van der Waals surface area contributed by atoms with Crippen molar-refractivity contribution < 1.29 is 8.78 Å². The Labute approximate surface area is 112 Å². The SMILES string of the molecule is CC(NCc1ccc(F)c(F)c1)C1CC2C=CC1C2. The summed E-state index contributed by atoms with van der Waals surface area (Å²) >= 11 is 0. The maximum atomic E-state index is 13.1. The summed E-state index contributed by atoms with van der Waals surface area (Å²) in [5, 5.41) is 3.45. The first-order valence-electron chi connectivity index (χ1n) is 6.99. The molecule has 1 saturated carbocycles. The Morgan fingerprint density at radius 1 is 1.21 bits per heavy atom. The van der Waals surface area contributed by atoms with E-state index in [2.05, 4.69) is 24.4 Å². The molecule has 1 aromatic carbocycles. The van der Waals surface area contributed by atoms with Crippen LogP contribution >= 0.6 is 0 Å². The van der Waals surface area contributed by atoms with E-state index in [1.165, 1.54) is 25.0 Å². The van der Waals surface area contributed by atoms with Crippen LogP contribution in [-0.2, 0) is 6.54 Å². The van der Waals surface area contributed by atoms with Gasteiger partial charge >= 0.3 is 0 Å². The van der Waals surface area contributed by atoms with Gasteiger partial charge in [-0.05, 0) is 55.2 Å². The molecule has 19 heavy (non-hydrogen) atoms. The van der Waals surface area contributed by atoms with Crippen molar-refractivity contribution in [2.45, 2.75) is 32.4 Å². The van der Waals surface area contributed by atoms with Gasteiger partial charge in [-0.25, -0.2) is 8.78 Å². The number of hydrogen-bond acceptors (Lipinski definition) is 1. The van der Waals surface area contributed by atoms with E-state index < -0.39 is 11.6 Å². The zero-order chi connectivity index (χ0) is 13.4. The van der Waals surface area contributed by atoms with E-state index in [1.54, 1.807) is 6.07 Å². The predicted octanol–water partition coefficient (Wildman–Crippen LogP) is 3.66. The number of allylic oxidation sites excluding steroid dienone is 2. The lowest BCUT2D eigenvalue weighted by molar-refractivity contribution is 0.326. The predicted molar refractivity (Wildman–Crippen MR) is 71.5 cm³/mol. The second-order valence-corrected chi connectivity index (χ2v) is 5.86. The average molecular weight is 263 g/mol. The molecule has 102 valence electrons. The van der Waals surface area contributed by atoms with E-state index in [9.17, 15) is 8.78 Å². The van der Waals surface area contributed by atoms with Crippen LogP contribution in [-0.4, -0.2) is 6.04 Å². The molecule has 0 aliphatic heterocycles. The molecule has 0 saturated heterocycles. The van der Waals surface area contributed by atoms with Crippen molar-refractivity contribution >= 4 is 0 Å². The van der Waals surface area contributed by atoms with Gasteiger partial charge in [0.05, 0.1) is 0 Å². The minimum absolute atomic E-state index is 0.410. The standard InChI is InChI=1S/C16H19F2N/c1-10(14-7-11-2-4-13(14)6-11)19-9-12-3-5-15(17)16(18)8-12/h2-5,8,10-11,13-14,19H,6-7,9H2,1H3. The second-order valence-electron chi connectivity index (χ2n) is 5.86. The molecule has 0 radical (unpaired) electrons. The Bertz CT molecular complexity index is 498. The molecule has 0 spiro atoms. The fourth-order valence-corrected chi connectivity index (χ4v) is 3.48. The molecule has 3 heteroatoms. The first-order chi connectivity index (χ1) is 9.13. The van der Waals surface area contributed by atoms with Crippen molar-refractivity contribution in [1.82, 2.24) is 5.32 Å². The normalized spacial score (nSPS) is 29.9. The van der Waals surface area contributed by atoms with E-state index in [-0.39, 0.29) is 0 Å². The van der Waals surface area contributed by atoms with Crippen molar-refractivity contribution in [3.63, 3.8) is 0 Å². The highest BCUT2D eigenvalue weighted by Crippen LogP contribution is 2.44. The number of rotatable bonds is 4. The third kappa shape index (κ3) is 2.57. The van der Waals surface area contributed by atoms with Crippen LogP contribution in [0.1, 0.15) is 25.3 Å². The molecular formula is C16H19F2N. The van der Waals surface area contributed by atoms with Gasteiger partial charge in [0, 0.05) is 12.6 Å². The topological polar surface area (TPSA) is 12.0 Å². The van der Waals surface area contributed by atoms with Gasteiger partial charge in [-0.3, -0.25) is 0 Å². The Balaban J connectivity index is 1.57. The summed E-state index contributed by atoms with van der Waals surface area (Å²) in [6.45, 7) is 2.79. The summed E-state index contributed by atoms with van der Waals surface area (Å²) in [4.78, 5) is 0. The van der Waals surface area contributed by atoms with Crippen LogP contribution in [0, 0.1) is 29.4 Å². The van der Waals surface area contributed by atoms with Gasteiger partial charge < -0.3 is 5.32 Å². The second kappa shape index (κ2) is 5.04. The van der Waals surface area contributed by atoms with Crippen LogP contribution in [0.4, 0.5) is 8.78 Å². The van der Waals surface area contributed by atoms with Crippen molar-refractivity contribution in [2.24, 2.45) is 17.8 Å². The third-order valence-electron chi connectivity index (χ3n) is 4.58. The minimum Gasteiger partial charge on any atom is -0.310 e. The van der Waals surface area contributed by atoms with Gasteiger partial charge in [-0.2, -0.15) is 0 Å². The number of nitrogens with one attached hydrogen (secondary N) is 1. The van der Waals surface area contributed by atoms with Crippen LogP contribution < -0.4 is 5.32 Å². The minimum atomic E-state index is -0.782. The Kier molecular flexibility index (Phi) is 3.40. The molecule has 0 aromatic heterocycles. The maximum Gasteiger partial charge on any atom is 0.159 e. The van der Waals surface area contributed by atoms with Gasteiger partial charge in [-0.1, -0.05) is 18.2 Å². The van der Waals surface area contributed by atoms with Gasteiger partial charge in [0.2, 0.25) is 0 Å². The van der Waals surface area contributed by atoms with Crippen LogP contribution in [0.15, 0.2) is 30.4 Å². The smallest absolute Gasteiger partial charge is 0.159 e. The molecule has 4 unspecified atom stereocenters. The van der Waals surface area contributed by atoms with Gasteiger partial charge in [0.15, 0.2) is 11.6 Å². The maximum absolute atomic E-state index is 13.1. The van der Waals surface area contributed by atoms with E-state index >= 15 is 0 Å². The Hall–Kier alpha value is -1.22. The van der Waals surface area contributed by atoms with E-state index in [1.807, 2.05) is 0 Å². The molecule has 2 aliphatic carbocycles. The molecule has 1 N–H and O–H groups in total. The summed E-state index contributed by atoms with van der Waals surface area (Å²) in [7, 11) is 0. The van der Waals surface area contributed by atoms with E-state index in [4.69, 9.17) is 0 Å². The fraction of sp³-hybridized carbons (Fsp3) is 0.500. The highest BCUT2D eigenvalue weighted by molar-refractivity contribution is 5.18. The lowest BCUT2D eigenvalue weighted by Gasteiger charge is -2.26. The number of hydrogen-bond donors (Lipinski definition) is 1. The molecule has 1 fully saturated rings.